The van der Waals surface area contributed by atoms with E-state index < -0.39 is 0 Å². The van der Waals surface area contributed by atoms with Crippen molar-refractivity contribution in [2.45, 2.75) is 64.6 Å². The van der Waals surface area contributed by atoms with Gasteiger partial charge in [0, 0.05) is 41.4 Å². The van der Waals surface area contributed by atoms with Gasteiger partial charge in [0.05, 0.1) is 5.69 Å². The molecular weight excluding hydrogens is 326 g/mol. The fourth-order valence-corrected chi connectivity index (χ4v) is 3.35. The third kappa shape index (κ3) is 3.66. The molecule has 0 saturated carbocycles. The molecule has 0 aliphatic carbocycles. The molecule has 1 unspecified atom stereocenters. The number of rotatable bonds is 5. The molecule has 1 aliphatic rings. The van der Waals surface area contributed by atoms with Gasteiger partial charge in [-0.25, -0.2) is 0 Å². The Kier molecular flexibility index (Phi) is 5.44. The maximum absolute atomic E-state index is 4.56. The quantitative estimate of drug-likeness (QED) is 0.867. The largest absolute Gasteiger partial charge is 0.308 e. The van der Waals surface area contributed by atoms with Gasteiger partial charge in [0.15, 0.2) is 0 Å². The average molecular weight is 354 g/mol. The Morgan fingerprint density at radius 2 is 1.95 bits per heavy atom. The summed E-state index contributed by atoms with van der Waals surface area (Å²) in [6.45, 7) is 12.3. The second-order valence-corrected chi connectivity index (χ2v) is 7.43. The van der Waals surface area contributed by atoms with Crippen molar-refractivity contribution >= 4 is 15.9 Å². The normalized spacial score (nSPS) is 26.0. The lowest BCUT2D eigenvalue weighted by atomic mass is 9.83. The third-order valence-corrected chi connectivity index (χ3v) is 5.83. The van der Waals surface area contributed by atoms with E-state index in [1.54, 1.807) is 0 Å². The molecule has 1 aromatic heterocycles. The maximum atomic E-state index is 4.56. The summed E-state index contributed by atoms with van der Waals surface area (Å²) in [6, 6.07) is 4.21. The van der Waals surface area contributed by atoms with Crippen LogP contribution in [0.3, 0.4) is 0 Å². The molecule has 0 amide bonds. The van der Waals surface area contributed by atoms with Crippen molar-refractivity contribution in [1.82, 2.24) is 15.2 Å². The highest BCUT2D eigenvalue weighted by Gasteiger charge is 2.42. The SMILES string of the molecule is CCC1(CC)CN(Cc2ccc(Br)cn2)C(C)(CC)CN1. The predicted molar refractivity (Wildman–Crippen MR) is 92.4 cm³/mol. The Hall–Kier alpha value is -0.450. The molecule has 21 heavy (non-hydrogen) atoms. The molecule has 1 N–H and O–H groups in total. The van der Waals surface area contributed by atoms with Crippen LogP contribution in [0.1, 0.15) is 52.7 Å². The van der Waals surface area contributed by atoms with Crippen LogP contribution in [0.5, 0.6) is 0 Å². The lowest BCUT2D eigenvalue weighted by Gasteiger charge is -2.53. The van der Waals surface area contributed by atoms with E-state index in [2.05, 4.69) is 71.0 Å². The second kappa shape index (κ2) is 6.76. The van der Waals surface area contributed by atoms with E-state index in [-0.39, 0.29) is 11.1 Å². The van der Waals surface area contributed by atoms with Gasteiger partial charge in [-0.15, -0.1) is 0 Å². The molecule has 4 heteroatoms. The molecule has 2 rings (SSSR count). The summed E-state index contributed by atoms with van der Waals surface area (Å²) >= 11 is 3.46. The van der Waals surface area contributed by atoms with Crippen LogP contribution < -0.4 is 5.32 Å². The van der Waals surface area contributed by atoms with Crippen molar-refractivity contribution in [1.29, 1.82) is 0 Å². The Bertz CT molecular complexity index is 456. The first-order valence-corrected chi connectivity index (χ1v) is 8.87. The molecule has 2 heterocycles. The van der Waals surface area contributed by atoms with Gasteiger partial charge in [-0.2, -0.15) is 0 Å². The number of halogens is 1. The van der Waals surface area contributed by atoms with Gasteiger partial charge in [-0.1, -0.05) is 20.8 Å². The molecule has 3 nitrogen and oxygen atoms in total. The monoisotopic (exact) mass is 353 g/mol. The van der Waals surface area contributed by atoms with E-state index in [9.17, 15) is 0 Å². The average Bonchev–Trinajstić information content (AvgIpc) is 2.52. The van der Waals surface area contributed by atoms with E-state index in [4.69, 9.17) is 0 Å². The summed E-state index contributed by atoms with van der Waals surface area (Å²) in [6.07, 6.45) is 5.40. The van der Waals surface area contributed by atoms with Crippen molar-refractivity contribution in [3.63, 3.8) is 0 Å². The number of piperazine rings is 1. The summed E-state index contributed by atoms with van der Waals surface area (Å²) in [7, 11) is 0. The van der Waals surface area contributed by atoms with Crippen LogP contribution in [0.2, 0.25) is 0 Å². The van der Waals surface area contributed by atoms with Crippen LogP contribution in [-0.2, 0) is 6.54 Å². The van der Waals surface area contributed by atoms with E-state index >= 15 is 0 Å². The van der Waals surface area contributed by atoms with E-state index in [0.717, 1.165) is 36.2 Å². The van der Waals surface area contributed by atoms with Gasteiger partial charge in [0.25, 0.3) is 0 Å². The molecule has 0 bridgehead atoms. The molecule has 1 fully saturated rings. The van der Waals surface area contributed by atoms with Crippen LogP contribution in [0.4, 0.5) is 0 Å². The van der Waals surface area contributed by atoms with Crippen LogP contribution in [0.25, 0.3) is 0 Å². The summed E-state index contributed by atoms with van der Waals surface area (Å²) in [5.41, 5.74) is 1.62. The first-order valence-electron chi connectivity index (χ1n) is 8.07. The van der Waals surface area contributed by atoms with Crippen molar-refractivity contribution < 1.29 is 0 Å². The van der Waals surface area contributed by atoms with E-state index in [1.165, 1.54) is 12.8 Å². The lowest BCUT2D eigenvalue weighted by molar-refractivity contribution is 0.00192. The molecule has 118 valence electrons. The maximum Gasteiger partial charge on any atom is 0.0545 e. The number of aromatic nitrogens is 1. The van der Waals surface area contributed by atoms with Crippen molar-refractivity contribution in [2.75, 3.05) is 13.1 Å². The molecule has 1 atom stereocenters. The molecule has 0 aromatic carbocycles. The minimum Gasteiger partial charge on any atom is -0.308 e. The number of pyridine rings is 1. The molecule has 1 aliphatic heterocycles. The van der Waals surface area contributed by atoms with Gasteiger partial charge < -0.3 is 5.32 Å². The van der Waals surface area contributed by atoms with Gasteiger partial charge in [0.1, 0.15) is 0 Å². The second-order valence-electron chi connectivity index (χ2n) is 6.52. The summed E-state index contributed by atoms with van der Waals surface area (Å²) < 4.78 is 1.04. The van der Waals surface area contributed by atoms with E-state index in [0.29, 0.717) is 0 Å². The topological polar surface area (TPSA) is 28.2 Å². The Labute approximate surface area is 137 Å². The Morgan fingerprint density at radius 1 is 1.24 bits per heavy atom. The highest BCUT2D eigenvalue weighted by atomic mass is 79.9. The molecule has 0 radical (unpaired) electrons. The number of nitrogens with one attached hydrogen (secondary N) is 1. The molecule has 1 saturated heterocycles. The smallest absolute Gasteiger partial charge is 0.0545 e. The van der Waals surface area contributed by atoms with Gasteiger partial charge in [0.2, 0.25) is 0 Å². The van der Waals surface area contributed by atoms with Crippen LogP contribution in [-0.4, -0.2) is 34.1 Å². The van der Waals surface area contributed by atoms with Gasteiger partial charge in [-0.05, 0) is 54.2 Å². The van der Waals surface area contributed by atoms with Crippen molar-refractivity contribution in [2.24, 2.45) is 0 Å². The Morgan fingerprint density at radius 3 is 2.48 bits per heavy atom. The number of hydrogen-bond donors (Lipinski definition) is 1. The third-order valence-electron chi connectivity index (χ3n) is 5.36. The first kappa shape index (κ1) is 16.9. The standard InChI is InChI=1S/C17H28BrN3/c1-5-16(4)12-20-17(6-2,7-3)13-21(16)11-15-9-8-14(18)10-19-15/h8-10,20H,5-7,11-13H2,1-4H3. The number of nitrogens with zero attached hydrogens (tertiary/aromatic N) is 2. The summed E-state index contributed by atoms with van der Waals surface area (Å²) in [5, 5.41) is 3.83. The van der Waals surface area contributed by atoms with E-state index in [1.807, 2.05) is 6.20 Å². The van der Waals surface area contributed by atoms with Crippen LogP contribution >= 0.6 is 15.9 Å². The highest BCUT2D eigenvalue weighted by molar-refractivity contribution is 9.10. The van der Waals surface area contributed by atoms with Crippen molar-refractivity contribution in [3.05, 3.63) is 28.5 Å². The van der Waals surface area contributed by atoms with Crippen molar-refractivity contribution in [3.8, 4) is 0 Å². The first-order chi connectivity index (χ1) is 9.97. The highest BCUT2D eigenvalue weighted by Crippen LogP contribution is 2.31. The van der Waals surface area contributed by atoms with Gasteiger partial charge in [-0.3, -0.25) is 9.88 Å². The minimum absolute atomic E-state index is 0.211. The van der Waals surface area contributed by atoms with Gasteiger partial charge >= 0.3 is 0 Å². The molecule has 0 spiro atoms. The minimum atomic E-state index is 0.211. The summed E-state index contributed by atoms with van der Waals surface area (Å²) in [4.78, 5) is 7.19. The lowest BCUT2D eigenvalue weighted by Crippen LogP contribution is -2.68. The predicted octanol–water partition coefficient (Wildman–Crippen LogP) is 3.98. The fraction of sp³-hybridized carbons (Fsp3) is 0.706. The zero-order valence-corrected chi connectivity index (χ0v) is 15.3. The van der Waals surface area contributed by atoms with Crippen LogP contribution in [0.15, 0.2) is 22.8 Å². The Balaban J connectivity index is 2.20. The number of hydrogen-bond acceptors (Lipinski definition) is 3. The molecule has 1 aromatic rings. The fourth-order valence-electron chi connectivity index (χ4n) is 3.12. The summed E-state index contributed by atoms with van der Waals surface area (Å²) in [5.74, 6) is 0. The zero-order valence-electron chi connectivity index (χ0n) is 13.7. The van der Waals surface area contributed by atoms with Crippen LogP contribution in [0, 0.1) is 0 Å². The molecular formula is C17H28BrN3. The zero-order chi connectivity index (χ0) is 15.5.